The van der Waals surface area contributed by atoms with Crippen LogP contribution in [-0.2, 0) is 9.53 Å². The van der Waals surface area contributed by atoms with Crippen LogP contribution in [0, 0.1) is 0 Å². The number of hydrogen-bond acceptors (Lipinski definition) is 7. The number of thioether (sulfide) groups is 1. The molecule has 1 aromatic rings. The highest BCUT2D eigenvalue weighted by Gasteiger charge is 2.48. The Labute approximate surface area is 186 Å². The zero-order chi connectivity index (χ0) is 21.8. The van der Waals surface area contributed by atoms with Crippen LogP contribution in [0.25, 0.3) is 0 Å². The van der Waals surface area contributed by atoms with Crippen LogP contribution in [-0.4, -0.2) is 81.3 Å². The molecule has 0 bridgehead atoms. The summed E-state index contributed by atoms with van der Waals surface area (Å²) in [6.07, 6.45) is -1.57. The Balaban J connectivity index is 1.69. The number of amides is 1. The van der Waals surface area contributed by atoms with Gasteiger partial charge >= 0.3 is 0 Å². The van der Waals surface area contributed by atoms with Crippen molar-refractivity contribution in [3.63, 3.8) is 0 Å². The number of rotatable bonds is 6. The van der Waals surface area contributed by atoms with E-state index in [0.717, 1.165) is 13.0 Å². The molecule has 3 rings (SSSR count). The highest BCUT2D eigenvalue weighted by Crippen LogP contribution is 2.31. The molecule has 0 aromatic heterocycles. The molecule has 2 aliphatic heterocycles. The van der Waals surface area contributed by atoms with Crippen LogP contribution in [0.3, 0.4) is 0 Å². The number of piperidine rings is 1. The minimum absolute atomic E-state index is 0.217. The molecule has 5 N–H and O–H groups in total. The standard InChI is InChI=1S/C21H31ClN2O5S/c1-11(22)15(19-17(26)16(25)18(27)21(29-19)30-2)24-20(28)14-10-13(8-9-23-14)12-6-4-3-5-7-12/h3-7,11,13-19,21,23,25-27H,8-10H2,1-2H3,(H,24,28)/t11-,13+,14-,15?,16-,17+,18+,19+,21+/m0/s1. The van der Waals surface area contributed by atoms with Crippen LogP contribution in [0.4, 0.5) is 0 Å². The molecule has 9 atom stereocenters. The van der Waals surface area contributed by atoms with Gasteiger partial charge in [-0.25, -0.2) is 0 Å². The third kappa shape index (κ3) is 5.30. The highest BCUT2D eigenvalue weighted by molar-refractivity contribution is 7.99. The summed E-state index contributed by atoms with van der Waals surface area (Å²) in [6, 6.07) is 9.01. The van der Waals surface area contributed by atoms with Crippen molar-refractivity contribution in [3.8, 4) is 0 Å². The fourth-order valence-corrected chi connectivity index (χ4v) is 5.12. The molecule has 1 amide bonds. The molecule has 2 fully saturated rings. The molecule has 2 saturated heterocycles. The van der Waals surface area contributed by atoms with Crippen molar-refractivity contribution in [1.29, 1.82) is 0 Å². The van der Waals surface area contributed by atoms with Gasteiger partial charge in [0.15, 0.2) is 0 Å². The van der Waals surface area contributed by atoms with Gasteiger partial charge in [0.1, 0.15) is 29.9 Å². The highest BCUT2D eigenvalue weighted by atomic mass is 35.5. The van der Waals surface area contributed by atoms with Gasteiger partial charge in [0.05, 0.1) is 17.5 Å². The molecule has 168 valence electrons. The zero-order valence-electron chi connectivity index (χ0n) is 17.1. The van der Waals surface area contributed by atoms with Crippen molar-refractivity contribution >= 4 is 29.3 Å². The number of ether oxygens (including phenoxy) is 1. The number of benzene rings is 1. The van der Waals surface area contributed by atoms with Crippen molar-refractivity contribution in [3.05, 3.63) is 35.9 Å². The first-order valence-corrected chi connectivity index (χ1v) is 12.0. The Morgan fingerprint density at radius 1 is 1.23 bits per heavy atom. The minimum Gasteiger partial charge on any atom is -0.388 e. The maximum Gasteiger partial charge on any atom is 0.237 e. The van der Waals surface area contributed by atoms with Gasteiger partial charge in [-0.05, 0) is 44.0 Å². The normalized spacial score (nSPS) is 36.7. The predicted octanol–water partition coefficient (Wildman–Crippen LogP) is 0.805. The van der Waals surface area contributed by atoms with Gasteiger partial charge in [0.2, 0.25) is 5.91 Å². The van der Waals surface area contributed by atoms with Crippen LogP contribution < -0.4 is 10.6 Å². The lowest BCUT2D eigenvalue weighted by atomic mass is 9.86. The molecule has 1 unspecified atom stereocenters. The van der Waals surface area contributed by atoms with E-state index in [1.807, 2.05) is 18.2 Å². The SMILES string of the molecule is CS[C@H]1O[C@H](C(NC(=O)[C@@H]2C[C@H](c3ccccc3)CCN2)[C@H](C)Cl)[C@H](O)[C@H](O)[C@H]1O. The Morgan fingerprint density at radius 3 is 2.57 bits per heavy atom. The molecular weight excluding hydrogens is 428 g/mol. The van der Waals surface area contributed by atoms with E-state index in [1.165, 1.54) is 17.3 Å². The second kappa shape index (κ2) is 10.6. The average Bonchev–Trinajstić information content (AvgIpc) is 2.77. The van der Waals surface area contributed by atoms with E-state index in [1.54, 1.807) is 13.2 Å². The third-order valence-electron chi connectivity index (χ3n) is 5.99. The number of carbonyl (C=O) groups excluding carboxylic acids is 1. The van der Waals surface area contributed by atoms with E-state index in [0.29, 0.717) is 6.42 Å². The summed E-state index contributed by atoms with van der Waals surface area (Å²) in [7, 11) is 0. The lowest BCUT2D eigenvalue weighted by Gasteiger charge is -2.44. The van der Waals surface area contributed by atoms with Crippen molar-refractivity contribution in [2.24, 2.45) is 0 Å². The maximum atomic E-state index is 13.0. The van der Waals surface area contributed by atoms with Gasteiger partial charge in [-0.1, -0.05) is 30.3 Å². The topological polar surface area (TPSA) is 111 Å². The molecule has 0 spiro atoms. The molecule has 2 heterocycles. The average molecular weight is 459 g/mol. The monoisotopic (exact) mass is 458 g/mol. The third-order valence-corrected chi connectivity index (χ3v) is 7.11. The number of alkyl halides is 1. The molecule has 0 radical (unpaired) electrons. The summed E-state index contributed by atoms with van der Waals surface area (Å²) in [6.45, 7) is 2.43. The summed E-state index contributed by atoms with van der Waals surface area (Å²) in [5.41, 5.74) is 0.489. The van der Waals surface area contributed by atoms with Crippen molar-refractivity contribution in [2.45, 2.75) is 73.0 Å². The van der Waals surface area contributed by atoms with Crippen LogP contribution in [0.5, 0.6) is 0 Å². The first-order chi connectivity index (χ1) is 14.3. The Bertz CT molecular complexity index is 695. The number of hydrogen-bond donors (Lipinski definition) is 5. The molecule has 2 aliphatic rings. The number of nitrogens with one attached hydrogen (secondary N) is 2. The maximum absolute atomic E-state index is 13.0. The fraction of sp³-hybridized carbons (Fsp3) is 0.667. The Hall–Kier alpha value is -0.870. The summed E-state index contributed by atoms with van der Waals surface area (Å²) in [4.78, 5) is 13.0. The van der Waals surface area contributed by atoms with Crippen molar-refractivity contribution in [1.82, 2.24) is 10.6 Å². The largest absolute Gasteiger partial charge is 0.388 e. The van der Waals surface area contributed by atoms with Gasteiger partial charge in [-0.3, -0.25) is 4.79 Å². The summed E-state index contributed by atoms with van der Waals surface area (Å²) in [5.74, 6) is 0.0645. The predicted molar refractivity (Wildman–Crippen MR) is 118 cm³/mol. The number of aliphatic hydroxyl groups is 3. The minimum atomic E-state index is -1.38. The van der Waals surface area contributed by atoms with Gasteiger partial charge in [-0.2, -0.15) is 0 Å². The van der Waals surface area contributed by atoms with E-state index in [4.69, 9.17) is 16.3 Å². The molecule has 1 aromatic carbocycles. The van der Waals surface area contributed by atoms with Crippen LogP contribution >= 0.6 is 23.4 Å². The quantitative estimate of drug-likeness (QED) is 0.401. The summed E-state index contributed by atoms with van der Waals surface area (Å²) < 4.78 is 5.82. The number of carbonyl (C=O) groups is 1. The van der Waals surface area contributed by atoms with Crippen molar-refractivity contribution in [2.75, 3.05) is 12.8 Å². The zero-order valence-corrected chi connectivity index (χ0v) is 18.7. The van der Waals surface area contributed by atoms with E-state index in [-0.39, 0.29) is 11.8 Å². The van der Waals surface area contributed by atoms with Crippen LogP contribution in [0.2, 0.25) is 0 Å². The van der Waals surface area contributed by atoms with Gasteiger partial charge in [0, 0.05) is 0 Å². The van der Waals surface area contributed by atoms with Crippen molar-refractivity contribution < 1.29 is 24.9 Å². The summed E-state index contributed by atoms with van der Waals surface area (Å²) in [5, 5.41) is 36.4. The Morgan fingerprint density at radius 2 is 1.93 bits per heavy atom. The molecule has 30 heavy (non-hydrogen) atoms. The van der Waals surface area contributed by atoms with E-state index >= 15 is 0 Å². The van der Waals surface area contributed by atoms with Gasteiger partial charge < -0.3 is 30.7 Å². The van der Waals surface area contributed by atoms with E-state index in [9.17, 15) is 20.1 Å². The van der Waals surface area contributed by atoms with E-state index < -0.39 is 47.3 Å². The first-order valence-electron chi connectivity index (χ1n) is 10.3. The number of halogens is 1. The first kappa shape index (κ1) is 23.8. The fourth-order valence-electron chi connectivity index (χ4n) is 4.23. The lowest BCUT2D eigenvalue weighted by Crippen LogP contribution is -2.65. The molecule has 0 aliphatic carbocycles. The Kier molecular flexibility index (Phi) is 8.43. The second-order valence-corrected chi connectivity index (χ2v) is 9.65. The van der Waals surface area contributed by atoms with Gasteiger partial charge in [-0.15, -0.1) is 23.4 Å². The van der Waals surface area contributed by atoms with Gasteiger partial charge in [0.25, 0.3) is 0 Å². The van der Waals surface area contributed by atoms with E-state index in [2.05, 4.69) is 22.8 Å². The molecule has 7 nitrogen and oxygen atoms in total. The lowest BCUT2D eigenvalue weighted by molar-refractivity contribution is -0.205. The smallest absolute Gasteiger partial charge is 0.237 e. The molecule has 0 saturated carbocycles. The summed E-state index contributed by atoms with van der Waals surface area (Å²) >= 11 is 7.57. The molecular formula is C21H31ClN2O5S. The van der Waals surface area contributed by atoms with Crippen LogP contribution in [0.15, 0.2) is 30.3 Å². The molecule has 9 heteroatoms. The number of aliphatic hydroxyl groups excluding tert-OH is 3. The van der Waals surface area contributed by atoms with Crippen LogP contribution in [0.1, 0.15) is 31.2 Å². The second-order valence-electron chi connectivity index (χ2n) is 8.03.